The minimum atomic E-state index is 0.220. The van der Waals surface area contributed by atoms with E-state index in [4.69, 9.17) is 0 Å². The fourth-order valence-electron chi connectivity index (χ4n) is 3.89. The maximum atomic E-state index is 12.7. The first-order valence-corrected chi connectivity index (χ1v) is 8.40. The Bertz CT molecular complexity index is 494. The molecule has 0 bridgehead atoms. The zero-order chi connectivity index (χ0) is 14.7. The van der Waals surface area contributed by atoms with Gasteiger partial charge in [-0.1, -0.05) is 38.0 Å². The van der Waals surface area contributed by atoms with Crippen LogP contribution in [0.1, 0.15) is 48.5 Å². The standard InChI is InChI=1S/C18H26N2O/c1-2-19-17(15-8-3-4-9-15)13-20-12-11-14-7-5-6-10-16(14)18(20)21/h5-7,10,15,17,19H,2-4,8-9,11-13H2,1H3. The first-order valence-electron chi connectivity index (χ1n) is 8.40. The summed E-state index contributed by atoms with van der Waals surface area (Å²) in [6, 6.07) is 8.53. The second kappa shape index (κ2) is 6.61. The maximum Gasteiger partial charge on any atom is 0.254 e. The molecule has 114 valence electrons. The van der Waals surface area contributed by atoms with Crippen molar-refractivity contribution in [2.75, 3.05) is 19.6 Å². The molecular weight excluding hydrogens is 260 g/mol. The number of rotatable bonds is 5. The minimum absolute atomic E-state index is 0.220. The van der Waals surface area contributed by atoms with Crippen LogP contribution in [0, 0.1) is 5.92 Å². The van der Waals surface area contributed by atoms with Crippen LogP contribution in [0.4, 0.5) is 0 Å². The Morgan fingerprint density at radius 2 is 2.05 bits per heavy atom. The molecule has 1 amide bonds. The van der Waals surface area contributed by atoms with Crippen LogP contribution in [0.2, 0.25) is 0 Å². The number of likely N-dealkylation sites (N-methyl/N-ethyl adjacent to an activating group) is 1. The molecule has 1 heterocycles. The van der Waals surface area contributed by atoms with Crippen LogP contribution >= 0.6 is 0 Å². The smallest absolute Gasteiger partial charge is 0.254 e. The van der Waals surface area contributed by atoms with E-state index < -0.39 is 0 Å². The minimum Gasteiger partial charge on any atom is -0.337 e. The summed E-state index contributed by atoms with van der Waals surface area (Å²) in [6.45, 7) is 4.88. The number of hydrogen-bond acceptors (Lipinski definition) is 2. The molecule has 0 saturated heterocycles. The van der Waals surface area contributed by atoms with Gasteiger partial charge in [-0.3, -0.25) is 4.79 Å². The first kappa shape index (κ1) is 14.6. The Morgan fingerprint density at radius 1 is 1.29 bits per heavy atom. The topological polar surface area (TPSA) is 32.3 Å². The number of nitrogens with one attached hydrogen (secondary N) is 1. The average molecular weight is 286 g/mol. The molecule has 0 aromatic heterocycles. The third-order valence-corrected chi connectivity index (χ3v) is 5.04. The fourth-order valence-corrected chi connectivity index (χ4v) is 3.89. The Morgan fingerprint density at radius 3 is 2.81 bits per heavy atom. The van der Waals surface area contributed by atoms with Crippen molar-refractivity contribution >= 4 is 5.91 Å². The number of fused-ring (bicyclic) bond motifs is 1. The number of carbonyl (C=O) groups is 1. The van der Waals surface area contributed by atoms with E-state index in [0.717, 1.165) is 37.5 Å². The zero-order valence-electron chi connectivity index (χ0n) is 13.0. The molecule has 3 heteroatoms. The van der Waals surface area contributed by atoms with Crippen molar-refractivity contribution in [2.45, 2.75) is 45.1 Å². The van der Waals surface area contributed by atoms with Crippen molar-refractivity contribution < 1.29 is 4.79 Å². The Balaban J connectivity index is 1.70. The summed E-state index contributed by atoms with van der Waals surface area (Å²) in [5, 5.41) is 3.62. The summed E-state index contributed by atoms with van der Waals surface area (Å²) in [5.74, 6) is 0.965. The van der Waals surface area contributed by atoms with E-state index in [-0.39, 0.29) is 5.91 Å². The monoisotopic (exact) mass is 286 g/mol. The molecule has 3 rings (SSSR count). The quantitative estimate of drug-likeness (QED) is 0.902. The van der Waals surface area contributed by atoms with Gasteiger partial charge in [0.25, 0.3) is 5.91 Å². The highest BCUT2D eigenvalue weighted by atomic mass is 16.2. The van der Waals surface area contributed by atoms with E-state index in [1.54, 1.807) is 0 Å². The highest BCUT2D eigenvalue weighted by Crippen LogP contribution is 2.29. The largest absolute Gasteiger partial charge is 0.337 e. The number of benzene rings is 1. The third kappa shape index (κ3) is 3.13. The van der Waals surface area contributed by atoms with Crippen molar-refractivity contribution in [3.63, 3.8) is 0 Å². The molecule has 0 spiro atoms. The van der Waals surface area contributed by atoms with Gasteiger partial charge in [0, 0.05) is 24.7 Å². The van der Waals surface area contributed by atoms with Gasteiger partial charge < -0.3 is 10.2 Å². The first-order chi connectivity index (χ1) is 10.3. The van der Waals surface area contributed by atoms with Crippen LogP contribution in [0.25, 0.3) is 0 Å². The van der Waals surface area contributed by atoms with Crippen LogP contribution in [-0.2, 0) is 6.42 Å². The lowest BCUT2D eigenvalue weighted by Gasteiger charge is -2.34. The third-order valence-electron chi connectivity index (χ3n) is 5.04. The summed E-state index contributed by atoms with van der Waals surface area (Å²) in [6.07, 6.45) is 6.32. The SMILES string of the molecule is CCNC(CN1CCc2ccccc2C1=O)C1CCCC1. The van der Waals surface area contributed by atoms with Crippen LogP contribution < -0.4 is 5.32 Å². The molecular formula is C18H26N2O. The lowest BCUT2D eigenvalue weighted by Crippen LogP contribution is -2.49. The van der Waals surface area contributed by atoms with Gasteiger partial charge in [-0.15, -0.1) is 0 Å². The Kier molecular flexibility index (Phi) is 4.59. The molecule has 1 aliphatic heterocycles. The second-order valence-corrected chi connectivity index (χ2v) is 6.37. The van der Waals surface area contributed by atoms with Crippen molar-refractivity contribution in [3.8, 4) is 0 Å². The second-order valence-electron chi connectivity index (χ2n) is 6.37. The molecule has 1 aromatic carbocycles. The summed E-state index contributed by atoms with van der Waals surface area (Å²) < 4.78 is 0. The number of carbonyl (C=O) groups excluding carboxylic acids is 1. The maximum absolute atomic E-state index is 12.7. The van der Waals surface area contributed by atoms with Gasteiger partial charge in [0.1, 0.15) is 0 Å². The highest BCUT2D eigenvalue weighted by Gasteiger charge is 2.30. The van der Waals surface area contributed by atoms with E-state index >= 15 is 0 Å². The normalized spacial score (nSPS) is 20.6. The number of amides is 1. The summed E-state index contributed by atoms with van der Waals surface area (Å²) in [5.41, 5.74) is 2.12. The van der Waals surface area contributed by atoms with Gasteiger partial charge in [0.2, 0.25) is 0 Å². The average Bonchev–Trinajstić information content (AvgIpc) is 3.04. The summed E-state index contributed by atoms with van der Waals surface area (Å²) >= 11 is 0. The van der Waals surface area contributed by atoms with Gasteiger partial charge in [0.15, 0.2) is 0 Å². The van der Waals surface area contributed by atoms with Gasteiger partial charge in [-0.05, 0) is 43.4 Å². The van der Waals surface area contributed by atoms with E-state index in [1.165, 1.54) is 31.2 Å². The molecule has 1 aromatic rings. The Labute approximate surface area is 127 Å². The predicted molar refractivity (Wildman–Crippen MR) is 85.5 cm³/mol. The molecule has 1 aliphatic carbocycles. The highest BCUT2D eigenvalue weighted by molar-refractivity contribution is 5.96. The lowest BCUT2D eigenvalue weighted by molar-refractivity contribution is 0.0707. The van der Waals surface area contributed by atoms with Crippen LogP contribution in [0.5, 0.6) is 0 Å². The molecule has 0 radical (unpaired) electrons. The molecule has 1 saturated carbocycles. The van der Waals surface area contributed by atoms with Gasteiger partial charge in [0.05, 0.1) is 0 Å². The van der Waals surface area contributed by atoms with Gasteiger partial charge >= 0.3 is 0 Å². The summed E-state index contributed by atoms with van der Waals surface area (Å²) in [4.78, 5) is 14.7. The molecule has 21 heavy (non-hydrogen) atoms. The van der Waals surface area contributed by atoms with E-state index in [2.05, 4.69) is 23.2 Å². The molecule has 1 fully saturated rings. The van der Waals surface area contributed by atoms with Crippen molar-refractivity contribution in [2.24, 2.45) is 5.92 Å². The molecule has 1 unspecified atom stereocenters. The lowest BCUT2D eigenvalue weighted by atomic mass is 9.94. The van der Waals surface area contributed by atoms with Gasteiger partial charge in [-0.2, -0.15) is 0 Å². The number of hydrogen-bond donors (Lipinski definition) is 1. The molecule has 1 atom stereocenters. The van der Waals surface area contributed by atoms with E-state index in [9.17, 15) is 4.79 Å². The van der Waals surface area contributed by atoms with Crippen LogP contribution in [0.3, 0.4) is 0 Å². The number of nitrogens with zero attached hydrogens (tertiary/aromatic N) is 1. The van der Waals surface area contributed by atoms with Crippen molar-refractivity contribution in [1.82, 2.24) is 10.2 Å². The molecule has 1 N–H and O–H groups in total. The molecule has 3 nitrogen and oxygen atoms in total. The molecule has 2 aliphatic rings. The van der Waals surface area contributed by atoms with Crippen LogP contribution in [0.15, 0.2) is 24.3 Å². The predicted octanol–water partition coefficient (Wildman–Crippen LogP) is 2.85. The van der Waals surface area contributed by atoms with Crippen molar-refractivity contribution in [1.29, 1.82) is 0 Å². The zero-order valence-corrected chi connectivity index (χ0v) is 13.0. The van der Waals surface area contributed by atoms with Crippen molar-refractivity contribution in [3.05, 3.63) is 35.4 Å². The Hall–Kier alpha value is -1.35. The van der Waals surface area contributed by atoms with E-state index in [0.29, 0.717) is 6.04 Å². The van der Waals surface area contributed by atoms with Crippen LogP contribution in [-0.4, -0.2) is 36.5 Å². The van der Waals surface area contributed by atoms with Gasteiger partial charge in [-0.25, -0.2) is 0 Å². The van der Waals surface area contributed by atoms with E-state index in [1.807, 2.05) is 18.2 Å². The fraction of sp³-hybridized carbons (Fsp3) is 0.611. The summed E-state index contributed by atoms with van der Waals surface area (Å²) in [7, 11) is 0.